The number of rotatable bonds is 4. The van der Waals surface area contributed by atoms with Crippen molar-refractivity contribution in [2.24, 2.45) is 5.41 Å². The molecule has 102 valence electrons. The number of halogens is 4. The summed E-state index contributed by atoms with van der Waals surface area (Å²) in [5.41, 5.74) is -0.536. The SMILES string of the molecule is CCC(C)(C)CNc1ccc(Br)cc1C(F)(F)F. The zero-order valence-electron chi connectivity index (χ0n) is 10.7. The van der Waals surface area contributed by atoms with Gasteiger partial charge in [0, 0.05) is 16.7 Å². The van der Waals surface area contributed by atoms with Gasteiger partial charge in [0.25, 0.3) is 0 Å². The molecule has 0 heterocycles. The molecule has 5 heteroatoms. The topological polar surface area (TPSA) is 12.0 Å². The van der Waals surface area contributed by atoms with Gasteiger partial charge >= 0.3 is 6.18 Å². The minimum absolute atomic E-state index is 0.0318. The lowest BCUT2D eigenvalue weighted by Gasteiger charge is -2.25. The monoisotopic (exact) mass is 323 g/mol. The first kappa shape index (κ1) is 15.3. The standard InChI is InChI=1S/C13H17BrF3N/c1-4-12(2,3)8-18-11-6-5-9(14)7-10(11)13(15,16)17/h5-7,18H,4,8H2,1-3H3. The lowest BCUT2D eigenvalue weighted by molar-refractivity contribution is -0.137. The van der Waals surface area contributed by atoms with Crippen molar-refractivity contribution >= 4 is 21.6 Å². The summed E-state index contributed by atoms with van der Waals surface area (Å²) in [5.74, 6) is 0. The van der Waals surface area contributed by atoms with Crippen molar-refractivity contribution < 1.29 is 13.2 Å². The van der Waals surface area contributed by atoms with E-state index in [1.165, 1.54) is 6.07 Å². The Bertz CT molecular complexity index is 413. The van der Waals surface area contributed by atoms with Gasteiger partial charge in [0.15, 0.2) is 0 Å². The van der Waals surface area contributed by atoms with Crippen LogP contribution in [-0.2, 0) is 6.18 Å². The van der Waals surface area contributed by atoms with Gasteiger partial charge in [-0.2, -0.15) is 13.2 Å². The second-order valence-corrected chi connectivity index (χ2v) is 5.97. The van der Waals surface area contributed by atoms with Gasteiger partial charge in [-0.1, -0.05) is 36.7 Å². The van der Waals surface area contributed by atoms with Crippen molar-refractivity contribution in [3.63, 3.8) is 0 Å². The van der Waals surface area contributed by atoms with E-state index in [1.54, 1.807) is 6.07 Å². The van der Waals surface area contributed by atoms with E-state index in [2.05, 4.69) is 21.2 Å². The zero-order valence-corrected chi connectivity index (χ0v) is 12.2. The molecular formula is C13H17BrF3N. The van der Waals surface area contributed by atoms with Gasteiger partial charge < -0.3 is 5.32 Å². The van der Waals surface area contributed by atoms with Crippen LogP contribution in [-0.4, -0.2) is 6.54 Å². The Labute approximate surface area is 114 Å². The highest BCUT2D eigenvalue weighted by Crippen LogP contribution is 2.37. The predicted octanol–water partition coefficient (Wildman–Crippen LogP) is 5.32. The summed E-state index contributed by atoms with van der Waals surface area (Å²) in [7, 11) is 0. The number of alkyl halides is 3. The Hall–Kier alpha value is -0.710. The quantitative estimate of drug-likeness (QED) is 0.791. The van der Waals surface area contributed by atoms with Crippen LogP contribution in [0.25, 0.3) is 0 Å². The molecule has 0 aliphatic heterocycles. The third kappa shape index (κ3) is 4.19. The smallest absolute Gasteiger partial charge is 0.384 e. The summed E-state index contributed by atoms with van der Waals surface area (Å²) >= 11 is 3.07. The van der Waals surface area contributed by atoms with E-state index >= 15 is 0 Å². The van der Waals surface area contributed by atoms with E-state index in [9.17, 15) is 13.2 Å². The molecule has 1 N–H and O–H groups in total. The molecule has 18 heavy (non-hydrogen) atoms. The fourth-order valence-electron chi connectivity index (χ4n) is 1.36. The lowest BCUT2D eigenvalue weighted by Crippen LogP contribution is -2.23. The van der Waals surface area contributed by atoms with Crippen LogP contribution in [0.1, 0.15) is 32.8 Å². The highest BCUT2D eigenvalue weighted by Gasteiger charge is 2.34. The molecule has 0 amide bonds. The minimum Gasteiger partial charge on any atom is -0.384 e. The highest BCUT2D eigenvalue weighted by molar-refractivity contribution is 9.10. The molecule has 0 atom stereocenters. The summed E-state index contributed by atoms with van der Waals surface area (Å²) < 4.78 is 39.0. The maximum atomic E-state index is 12.9. The number of benzene rings is 1. The number of hydrogen-bond acceptors (Lipinski definition) is 1. The first-order valence-electron chi connectivity index (χ1n) is 5.76. The van der Waals surface area contributed by atoms with E-state index in [0.717, 1.165) is 12.5 Å². The van der Waals surface area contributed by atoms with Gasteiger partial charge in [0.1, 0.15) is 0 Å². The van der Waals surface area contributed by atoms with Crippen LogP contribution in [0, 0.1) is 5.41 Å². The maximum absolute atomic E-state index is 12.9. The van der Waals surface area contributed by atoms with Crippen LogP contribution in [0.5, 0.6) is 0 Å². The lowest BCUT2D eigenvalue weighted by atomic mass is 9.90. The second-order valence-electron chi connectivity index (χ2n) is 5.06. The Kier molecular flexibility index (Phi) is 4.70. The van der Waals surface area contributed by atoms with Crippen LogP contribution in [0.3, 0.4) is 0 Å². The van der Waals surface area contributed by atoms with Crippen LogP contribution in [0.15, 0.2) is 22.7 Å². The molecule has 0 fully saturated rings. The summed E-state index contributed by atoms with van der Waals surface area (Å²) in [6.07, 6.45) is -3.44. The summed E-state index contributed by atoms with van der Waals surface area (Å²) in [6.45, 7) is 6.57. The van der Waals surface area contributed by atoms with Crippen molar-refractivity contribution in [2.45, 2.75) is 33.4 Å². The molecule has 0 unspecified atom stereocenters. The Balaban J connectivity index is 2.96. The molecule has 0 saturated carbocycles. The average Bonchev–Trinajstić information content (AvgIpc) is 2.26. The Morgan fingerprint density at radius 3 is 2.33 bits per heavy atom. The summed E-state index contributed by atoms with van der Waals surface area (Å²) in [6, 6.07) is 4.16. The van der Waals surface area contributed by atoms with Crippen molar-refractivity contribution in [2.75, 3.05) is 11.9 Å². The highest BCUT2D eigenvalue weighted by atomic mass is 79.9. The summed E-state index contributed by atoms with van der Waals surface area (Å²) in [4.78, 5) is 0. The average molecular weight is 324 g/mol. The van der Waals surface area contributed by atoms with Crippen LogP contribution in [0.4, 0.5) is 18.9 Å². The molecule has 0 spiro atoms. The Morgan fingerprint density at radius 1 is 1.22 bits per heavy atom. The van der Waals surface area contributed by atoms with Gasteiger partial charge in [-0.25, -0.2) is 0 Å². The van der Waals surface area contributed by atoms with Crippen molar-refractivity contribution in [3.8, 4) is 0 Å². The van der Waals surface area contributed by atoms with E-state index in [0.29, 0.717) is 11.0 Å². The van der Waals surface area contributed by atoms with Gasteiger partial charge in [0.2, 0.25) is 0 Å². The number of nitrogens with one attached hydrogen (secondary N) is 1. The predicted molar refractivity (Wildman–Crippen MR) is 71.7 cm³/mol. The number of anilines is 1. The molecule has 0 bridgehead atoms. The summed E-state index contributed by atoms with van der Waals surface area (Å²) in [5, 5.41) is 2.90. The molecule has 0 radical (unpaired) electrons. The third-order valence-electron chi connectivity index (χ3n) is 3.00. The van der Waals surface area contributed by atoms with E-state index in [4.69, 9.17) is 0 Å². The largest absolute Gasteiger partial charge is 0.418 e. The molecule has 1 aromatic carbocycles. The van der Waals surface area contributed by atoms with E-state index < -0.39 is 11.7 Å². The van der Waals surface area contributed by atoms with E-state index in [1.807, 2.05) is 20.8 Å². The fraction of sp³-hybridized carbons (Fsp3) is 0.538. The zero-order chi connectivity index (χ0) is 14.0. The molecule has 0 aliphatic carbocycles. The van der Waals surface area contributed by atoms with Crippen molar-refractivity contribution in [3.05, 3.63) is 28.2 Å². The van der Waals surface area contributed by atoms with Crippen LogP contribution in [0.2, 0.25) is 0 Å². The second kappa shape index (κ2) is 5.51. The number of hydrogen-bond donors (Lipinski definition) is 1. The molecule has 1 aromatic rings. The van der Waals surface area contributed by atoms with Crippen LogP contribution >= 0.6 is 15.9 Å². The van der Waals surface area contributed by atoms with E-state index in [-0.39, 0.29) is 11.1 Å². The first-order chi connectivity index (χ1) is 8.15. The third-order valence-corrected chi connectivity index (χ3v) is 3.49. The molecule has 0 aliphatic rings. The maximum Gasteiger partial charge on any atom is 0.418 e. The van der Waals surface area contributed by atoms with Gasteiger partial charge in [-0.15, -0.1) is 0 Å². The molecule has 0 aromatic heterocycles. The normalized spacial score (nSPS) is 12.6. The van der Waals surface area contributed by atoms with Gasteiger partial charge in [-0.05, 0) is 30.0 Å². The first-order valence-corrected chi connectivity index (χ1v) is 6.55. The molecular weight excluding hydrogens is 307 g/mol. The molecule has 1 nitrogen and oxygen atoms in total. The van der Waals surface area contributed by atoms with Gasteiger partial charge in [0.05, 0.1) is 5.56 Å². The fourth-order valence-corrected chi connectivity index (χ4v) is 1.73. The molecule has 0 saturated heterocycles. The Morgan fingerprint density at radius 2 is 1.83 bits per heavy atom. The van der Waals surface area contributed by atoms with Gasteiger partial charge in [-0.3, -0.25) is 0 Å². The van der Waals surface area contributed by atoms with Crippen molar-refractivity contribution in [1.82, 2.24) is 0 Å². The van der Waals surface area contributed by atoms with Crippen molar-refractivity contribution in [1.29, 1.82) is 0 Å². The minimum atomic E-state index is -4.34. The molecule has 1 rings (SSSR count). The van der Waals surface area contributed by atoms with Crippen LogP contribution < -0.4 is 5.32 Å².